The molecular weight excluding hydrogens is 534 g/mol. The smallest absolute Gasteiger partial charge is 0.222 e. The molecule has 5 heteroatoms. The van der Waals surface area contributed by atoms with Crippen LogP contribution in [-0.4, -0.2) is 46.1 Å². The minimum Gasteiger partial charge on any atom is -0.394 e. The van der Waals surface area contributed by atoms with E-state index >= 15 is 0 Å². The first-order chi connectivity index (χ1) is 21.0. The molecule has 0 rings (SSSR count). The third-order valence-electron chi connectivity index (χ3n) is 8.16. The second-order valence-electron chi connectivity index (χ2n) is 12.5. The van der Waals surface area contributed by atoms with Gasteiger partial charge in [-0.3, -0.25) is 4.79 Å². The van der Waals surface area contributed by atoms with Crippen molar-refractivity contribution < 1.29 is 20.1 Å². The molecule has 0 radical (unpaired) electrons. The summed E-state index contributed by atoms with van der Waals surface area (Å²) in [4.78, 5) is 12.3. The molecule has 4 N–H and O–H groups in total. The lowest BCUT2D eigenvalue weighted by atomic mass is 10.0. The zero-order valence-corrected chi connectivity index (χ0v) is 28.3. The summed E-state index contributed by atoms with van der Waals surface area (Å²) < 4.78 is 0. The highest BCUT2D eigenvalue weighted by atomic mass is 16.3. The van der Waals surface area contributed by atoms with Crippen LogP contribution in [0.3, 0.4) is 0 Å². The summed E-state index contributed by atoms with van der Waals surface area (Å²) in [5.41, 5.74) is 0. The van der Waals surface area contributed by atoms with Crippen LogP contribution in [-0.2, 0) is 4.79 Å². The molecule has 252 valence electrons. The molecule has 3 unspecified atom stereocenters. The van der Waals surface area contributed by atoms with E-state index in [0.29, 0.717) is 6.42 Å². The zero-order valence-electron chi connectivity index (χ0n) is 28.3. The molecule has 0 bridgehead atoms. The highest BCUT2D eigenvalue weighted by Crippen LogP contribution is 2.15. The van der Waals surface area contributed by atoms with Gasteiger partial charge in [0.2, 0.25) is 5.91 Å². The van der Waals surface area contributed by atoms with E-state index in [2.05, 4.69) is 43.5 Å². The molecule has 0 aliphatic heterocycles. The fourth-order valence-electron chi connectivity index (χ4n) is 5.30. The summed E-state index contributed by atoms with van der Waals surface area (Å²) in [7, 11) is 0. The van der Waals surface area contributed by atoms with Crippen LogP contribution in [0, 0.1) is 0 Å². The number of allylic oxidation sites excluding steroid dienone is 5. The Bertz CT molecular complexity index is 675. The zero-order chi connectivity index (χ0) is 31.6. The van der Waals surface area contributed by atoms with Crippen molar-refractivity contribution in [2.24, 2.45) is 0 Å². The van der Waals surface area contributed by atoms with Gasteiger partial charge in [0.25, 0.3) is 0 Å². The quantitative estimate of drug-likeness (QED) is 0.0454. The van der Waals surface area contributed by atoms with E-state index < -0.39 is 18.2 Å². The SMILES string of the molecule is CCCC/C=C/CC/C=C/CC/C=C/C(O)C(CO)NC(=O)CC(O)CCCCCCCCCCCCCCCCCC. The van der Waals surface area contributed by atoms with Crippen molar-refractivity contribution in [2.75, 3.05) is 6.61 Å². The Morgan fingerprint density at radius 3 is 1.47 bits per heavy atom. The molecule has 3 atom stereocenters. The van der Waals surface area contributed by atoms with Gasteiger partial charge < -0.3 is 20.6 Å². The lowest BCUT2D eigenvalue weighted by Crippen LogP contribution is -2.45. The lowest BCUT2D eigenvalue weighted by molar-refractivity contribution is -0.124. The topological polar surface area (TPSA) is 89.8 Å². The van der Waals surface area contributed by atoms with E-state index in [1.807, 2.05) is 6.08 Å². The van der Waals surface area contributed by atoms with Crippen LogP contribution >= 0.6 is 0 Å². The van der Waals surface area contributed by atoms with Gasteiger partial charge in [0.05, 0.1) is 31.3 Å². The Kier molecular flexibility index (Phi) is 32.3. The average molecular weight is 606 g/mol. The largest absolute Gasteiger partial charge is 0.394 e. The predicted molar refractivity (Wildman–Crippen MR) is 185 cm³/mol. The molecule has 0 fully saturated rings. The molecule has 0 heterocycles. The summed E-state index contributed by atoms with van der Waals surface area (Å²) >= 11 is 0. The number of carbonyl (C=O) groups is 1. The predicted octanol–water partition coefficient (Wildman–Crippen LogP) is 9.65. The first kappa shape index (κ1) is 41.6. The van der Waals surface area contributed by atoms with Gasteiger partial charge in [-0.25, -0.2) is 0 Å². The second kappa shape index (κ2) is 33.5. The normalized spacial score (nSPS) is 14.3. The summed E-state index contributed by atoms with van der Waals surface area (Å²) in [6, 6.07) is -0.762. The van der Waals surface area contributed by atoms with Gasteiger partial charge in [0.1, 0.15) is 0 Å². The van der Waals surface area contributed by atoms with E-state index in [-0.39, 0.29) is 18.9 Å². The number of nitrogens with one attached hydrogen (secondary N) is 1. The van der Waals surface area contributed by atoms with Crippen molar-refractivity contribution in [1.82, 2.24) is 5.32 Å². The Hall–Kier alpha value is -1.43. The monoisotopic (exact) mass is 606 g/mol. The third-order valence-corrected chi connectivity index (χ3v) is 8.16. The Labute approximate surface area is 266 Å². The molecule has 0 aliphatic carbocycles. The van der Waals surface area contributed by atoms with Crippen LogP contribution in [0.1, 0.15) is 174 Å². The summed E-state index contributed by atoms with van der Waals surface area (Å²) in [5, 5.41) is 33.0. The number of amides is 1. The van der Waals surface area contributed by atoms with Crippen molar-refractivity contribution in [3.8, 4) is 0 Å². The van der Waals surface area contributed by atoms with E-state index in [0.717, 1.165) is 38.5 Å². The standard InChI is InChI=1S/C38H71NO4/c1-3-5-7-9-11-13-15-17-18-19-20-21-23-25-27-29-31-35(41)33-38(43)39-36(34-40)37(42)32-30-28-26-24-22-16-14-12-10-8-6-4-2/h10,12,22,24,30,32,35-37,40-42H,3-9,11,13-21,23,25-29,31,33-34H2,1-2H3,(H,39,43)/b12-10+,24-22+,32-30+. The maximum Gasteiger partial charge on any atom is 0.222 e. The maximum atomic E-state index is 12.3. The van der Waals surface area contributed by atoms with Crippen LogP contribution in [0.25, 0.3) is 0 Å². The van der Waals surface area contributed by atoms with Crippen LogP contribution < -0.4 is 5.32 Å². The van der Waals surface area contributed by atoms with Gasteiger partial charge in [-0.15, -0.1) is 0 Å². The Morgan fingerprint density at radius 1 is 0.581 bits per heavy atom. The number of unbranched alkanes of at least 4 members (excludes halogenated alkanes) is 19. The van der Waals surface area contributed by atoms with Gasteiger partial charge >= 0.3 is 0 Å². The van der Waals surface area contributed by atoms with Crippen molar-refractivity contribution >= 4 is 5.91 Å². The molecule has 0 aliphatic rings. The Balaban J connectivity index is 3.76. The van der Waals surface area contributed by atoms with Crippen molar-refractivity contribution in [3.63, 3.8) is 0 Å². The van der Waals surface area contributed by atoms with Crippen LogP contribution in [0.2, 0.25) is 0 Å². The molecule has 0 saturated heterocycles. The minimum absolute atomic E-state index is 0.00423. The molecule has 0 saturated carbocycles. The molecule has 0 aromatic carbocycles. The number of aliphatic hydroxyl groups excluding tert-OH is 3. The van der Waals surface area contributed by atoms with Crippen molar-refractivity contribution in [1.29, 1.82) is 0 Å². The van der Waals surface area contributed by atoms with E-state index in [4.69, 9.17) is 0 Å². The number of hydrogen-bond acceptors (Lipinski definition) is 4. The molecule has 43 heavy (non-hydrogen) atoms. The molecule has 0 spiro atoms. The molecule has 1 amide bonds. The van der Waals surface area contributed by atoms with Crippen LogP contribution in [0.4, 0.5) is 0 Å². The van der Waals surface area contributed by atoms with Gasteiger partial charge in [-0.05, 0) is 38.5 Å². The van der Waals surface area contributed by atoms with Gasteiger partial charge in [-0.1, -0.05) is 166 Å². The number of carbonyl (C=O) groups excluding carboxylic acids is 1. The third kappa shape index (κ3) is 30.4. The minimum atomic E-state index is -0.955. The Morgan fingerprint density at radius 2 is 1.00 bits per heavy atom. The summed E-state index contributed by atoms with van der Waals surface area (Å²) in [6.07, 6.45) is 39.8. The fraction of sp³-hybridized carbons (Fsp3) is 0.816. The van der Waals surface area contributed by atoms with E-state index in [9.17, 15) is 20.1 Å². The second-order valence-corrected chi connectivity index (χ2v) is 12.5. The van der Waals surface area contributed by atoms with Gasteiger partial charge in [0.15, 0.2) is 0 Å². The first-order valence-corrected chi connectivity index (χ1v) is 18.3. The molecular formula is C38H71NO4. The van der Waals surface area contributed by atoms with Crippen molar-refractivity contribution in [3.05, 3.63) is 36.5 Å². The highest BCUT2D eigenvalue weighted by molar-refractivity contribution is 5.76. The van der Waals surface area contributed by atoms with Crippen LogP contribution in [0.15, 0.2) is 36.5 Å². The number of aliphatic hydroxyl groups is 3. The number of rotatable bonds is 32. The highest BCUT2D eigenvalue weighted by Gasteiger charge is 2.20. The molecule has 0 aromatic heterocycles. The molecule has 5 nitrogen and oxygen atoms in total. The summed E-state index contributed by atoms with van der Waals surface area (Å²) in [5.74, 6) is -0.331. The van der Waals surface area contributed by atoms with Crippen molar-refractivity contribution in [2.45, 2.75) is 193 Å². The first-order valence-electron chi connectivity index (χ1n) is 18.3. The fourth-order valence-corrected chi connectivity index (χ4v) is 5.30. The average Bonchev–Trinajstić information content (AvgIpc) is 3.00. The van der Waals surface area contributed by atoms with Gasteiger partial charge in [0, 0.05) is 0 Å². The summed E-state index contributed by atoms with van der Waals surface area (Å²) in [6.45, 7) is 4.13. The van der Waals surface area contributed by atoms with Crippen LogP contribution in [0.5, 0.6) is 0 Å². The molecule has 0 aromatic rings. The van der Waals surface area contributed by atoms with Gasteiger partial charge in [-0.2, -0.15) is 0 Å². The van der Waals surface area contributed by atoms with E-state index in [1.54, 1.807) is 6.08 Å². The maximum absolute atomic E-state index is 12.3. The number of hydrogen-bond donors (Lipinski definition) is 4. The van der Waals surface area contributed by atoms with E-state index in [1.165, 1.54) is 109 Å². The lowest BCUT2D eigenvalue weighted by Gasteiger charge is -2.21.